The van der Waals surface area contributed by atoms with Gasteiger partial charge in [-0.25, -0.2) is 9.59 Å². The Bertz CT molecular complexity index is 1410. The Kier molecular flexibility index (Phi) is 11.3. The lowest BCUT2D eigenvalue weighted by Gasteiger charge is -2.37. The van der Waals surface area contributed by atoms with Gasteiger partial charge in [-0.05, 0) is 59.8 Å². The van der Waals surface area contributed by atoms with E-state index in [1.54, 1.807) is 4.90 Å². The molecule has 4 aliphatic rings. The van der Waals surface area contributed by atoms with Gasteiger partial charge in [0.2, 0.25) is 17.6 Å². The van der Waals surface area contributed by atoms with Crippen LogP contribution in [-0.2, 0) is 35.3 Å². The van der Waals surface area contributed by atoms with Crippen molar-refractivity contribution in [1.29, 1.82) is 0 Å². The Morgan fingerprint density at radius 2 is 1.63 bits per heavy atom. The molecule has 5 N–H and O–H groups in total. The Balaban J connectivity index is 1.32. The van der Waals surface area contributed by atoms with Crippen LogP contribution in [0.25, 0.3) is 0 Å². The highest BCUT2D eigenvalue weighted by atomic mass is 16.5. The van der Waals surface area contributed by atoms with Gasteiger partial charge in [0, 0.05) is 6.54 Å². The largest absolute Gasteiger partial charge is 0.459 e. The van der Waals surface area contributed by atoms with Gasteiger partial charge >= 0.3 is 12.0 Å². The fourth-order valence-corrected chi connectivity index (χ4v) is 8.00. The molecule has 4 fully saturated rings. The summed E-state index contributed by atoms with van der Waals surface area (Å²) < 4.78 is 5.58. The van der Waals surface area contributed by atoms with Crippen LogP contribution in [0.5, 0.6) is 0 Å². The molecule has 49 heavy (non-hydrogen) atoms. The monoisotopic (exact) mass is 679 g/mol. The quantitative estimate of drug-likeness (QED) is 0.163. The van der Waals surface area contributed by atoms with Crippen molar-refractivity contribution in [2.75, 3.05) is 6.54 Å². The number of nitrogens with zero attached hydrogens (tertiary/aromatic N) is 1. The number of likely N-dealkylation sites (tertiary alicyclic amines) is 1. The zero-order valence-electron chi connectivity index (χ0n) is 29.2. The molecule has 268 valence electrons. The standard InChI is InChI=1S/C37H53N5O7/c1-5-21(2)28(35(47)49-20-23-12-8-6-9-13-23)40-36(48)41-29(24-14-10-7-11-15-24)34(46)42-19-25-27(37(25,3)4)30(42)33(45)39-26(18-22-16-17-22)31(43)32(38)44/h6,8-9,12-13,21-22,24-30H,5,7,10-11,14-20H2,1-4H3,(H2,38,44)(H,39,45)(H2,40,41,48)/t21?,25-,26?,27-,28?,29-,30-/m0/s1. The van der Waals surface area contributed by atoms with Crippen molar-refractivity contribution < 1.29 is 33.5 Å². The highest BCUT2D eigenvalue weighted by Crippen LogP contribution is 2.65. The number of benzene rings is 1. The molecule has 1 aromatic rings. The molecule has 0 bridgehead atoms. The van der Waals surface area contributed by atoms with Crippen LogP contribution in [0.4, 0.5) is 4.79 Å². The summed E-state index contributed by atoms with van der Waals surface area (Å²) in [5.41, 5.74) is 5.97. The van der Waals surface area contributed by atoms with E-state index < -0.39 is 53.8 Å². The molecule has 3 unspecified atom stereocenters. The average Bonchev–Trinajstić information content (AvgIpc) is 3.95. The van der Waals surface area contributed by atoms with Gasteiger partial charge in [0.05, 0.1) is 6.04 Å². The number of hydrogen-bond acceptors (Lipinski definition) is 7. The third kappa shape index (κ3) is 8.44. The van der Waals surface area contributed by atoms with Crippen LogP contribution in [0.1, 0.15) is 91.0 Å². The maximum atomic E-state index is 14.5. The Morgan fingerprint density at radius 1 is 0.959 bits per heavy atom. The van der Waals surface area contributed by atoms with E-state index in [1.807, 2.05) is 44.2 Å². The van der Waals surface area contributed by atoms with Crippen molar-refractivity contribution in [2.45, 2.75) is 116 Å². The second-order valence-corrected chi connectivity index (χ2v) is 15.3. The van der Waals surface area contributed by atoms with E-state index in [2.05, 4.69) is 29.8 Å². The summed E-state index contributed by atoms with van der Waals surface area (Å²) in [6.07, 6.45) is 7.14. The fourth-order valence-electron chi connectivity index (χ4n) is 8.00. The topological polar surface area (TPSA) is 177 Å². The number of carbonyl (C=O) groups excluding carboxylic acids is 6. The fraction of sp³-hybridized carbons (Fsp3) is 0.676. The predicted molar refractivity (Wildman–Crippen MR) is 181 cm³/mol. The molecule has 1 saturated heterocycles. The molecule has 3 saturated carbocycles. The summed E-state index contributed by atoms with van der Waals surface area (Å²) in [6.45, 7) is 8.34. The molecule has 7 atom stereocenters. The summed E-state index contributed by atoms with van der Waals surface area (Å²) in [6, 6.07) is 4.92. The lowest BCUT2D eigenvalue weighted by molar-refractivity contribution is -0.148. The molecular weight excluding hydrogens is 626 g/mol. The number of Topliss-reactive ketones (excluding diaryl/α,β-unsaturated/α-hetero) is 1. The van der Waals surface area contributed by atoms with Gasteiger partial charge in [0.15, 0.2) is 0 Å². The van der Waals surface area contributed by atoms with Crippen molar-refractivity contribution >= 4 is 35.5 Å². The van der Waals surface area contributed by atoms with Gasteiger partial charge in [0.25, 0.3) is 5.91 Å². The lowest BCUT2D eigenvalue weighted by atomic mass is 9.83. The summed E-state index contributed by atoms with van der Waals surface area (Å²) in [7, 11) is 0. The van der Waals surface area contributed by atoms with E-state index in [0.717, 1.165) is 50.5 Å². The zero-order chi connectivity index (χ0) is 35.5. The van der Waals surface area contributed by atoms with E-state index in [4.69, 9.17) is 10.5 Å². The number of hydrogen-bond donors (Lipinski definition) is 4. The van der Waals surface area contributed by atoms with Crippen molar-refractivity contribution in [3.05, 3.63) is 35.9 Å². The third-order valence-electron chi connectivity index (χ3n) is 11.6. The number of ether oxygens (including phenoxy) is 1. The number of ketones is 1. The molecule has 3 aliphatic carbocycles. The molecule has 12 nitrogen and oxygen atoms in total. The zero-order valence-corrected chi connectivity index (χ0v) is 29.2. The van der Waals surface area contributed by atoms with E-state index in [-0.39, 0.29) is 47.5 Å². The van der Waals surface area contributed by atoms with E-state index in [1.165, 1.54) is 0 Å². The van der Waals surface area contributed by atoms with Crippen LogP contribution in [0.15, 0.2) is 30.3 Å². The maximum absolute atomic E-state index is 14.5. The molecule has 0 aromatic heterocycles. The first-order valence-electron chi connectivity index (χ1n) is 18.1. The number of primary amides is 1. The van der Waals surface area contributed by atoms with E-state index >= 15 is 0 Å². The van der Waals surface area contributed by atoms with Crippen molar-refractivity contribution in [3.8, 4) is 0 Å². The number of piperidine rings is 1. The average molecular weight is 680 g/mol. The van der Waals surface area contributed by atoms with E-state index in [9.17, 15) is 28.8 Å². The molecule has 1 aliphatic heterocycles. The van der Waals surface area contributed by atoms with E-state index in [0.29, 0.717) is 19.4 Å². The predicted octanol–water partition coefficient (Wildman–Crippen LogP) is 3.21. The SMILES string of the molecule is CCC(C)C(NC(=O)N[C@H](C(=O)N1C[C@H]2[C@@H]([C@H]1C(=O)NC(CC1CC1)C(=O)C(N)=O)C2(C)C)C1CCCCC1)C(=O)OCc1ccccc1. The number of nitrogens with two attached hydrogens (primary N) is 1. The molecule has 1 heterocycles. The molecule has 5 rings (SSSR count). The minimum absolute atomic E-state index is 0.0722. The second-order valence-electron chi connectivity index (χ2n) is 15.3. The number of urea groups is 1. The minimum atomic E-state index is -1.10. The Labute approximate surface area is 289 Å². The van der Waals surface area contributed by atoms with Gasteiger partial charge in [-0.2, -0.15) is 0 Å². The van der Waals surface area contributed by atoms with Crippen LogP contribution in [0.3, 0.4) is 0 Å². The first-order valence-corrected chi connectivity index (χ1v) is 18.1. The maximum Gasteiger partial charge on any atom is 0.329 e. The molecule has 0 spiro atoms. The highest BCUT2D eigenvalue weighted by Gasteiger charge is 2.69. The number of nitrogens with one attached hydrogen (secondary N) is 3. The minimum Gasteiger partial charge on any atom is -0.459 e. The number of carbonyl (C=O) groups is 6. The van der Waals surface area contributed by atoms with Crippen LogP contribution in [0.2, 0.25) is 0 Å². The van der Waals surface area contributed by atoms with Crippen molar-refractivity contribution in [2.24, 2.45) is 40.7 Å². The molecule has 1 aromatic carbocycles. The van der Waals surface area contributed by atoms with Crippen molar-refractivity contribution in [1.82, 2.24) is 20.9 Å². The Hall–Kier alpha value is -3.96. The lowest BCUT2D eigenvalue weighted by Crippen LogP contribution is -2.61. The summed E-state index contributed by atoms with van der Waals surface area (Å²) >= 11 is 0. The van der Waals surface area contributed by atoms with Gasteiger partial charge < -0.3 is 31.3 Å². The molecule has 0 radical (unpaired) electrons. The van der Waals surface area contributed by atoms with Gasteiger partial charge in [-0.3, -0.25) is 19.2 Å². The molecular formula is C37H53N5O7. The number of amides is 5. The second kappa shape index (κ2) is 15.3. The normalized spacial score (nSPS) is 25.1. The van der Waals surface area contributed by atoms with Gasteiger partial charge in [-0.1, -0.05) is 96.6 Å². The Morgan fingerprint density at radius 3 is 2.24 bits per heavy atom. The summed E-state index contributed by atoms with van der Waals surface area (Å²) in [5, 5.41) is 8.52. The summed E-state index contributed by atoms with van der Waals surface area (Å²) in [4.78, 5) is 81.4. The third-order valence-corrected chi connectivity index (χ3v) is 11.6. The van der Waals surface area contributed by atoms with Crippen LogP contribution in [0, 0.1) is 35.0 Å². The molecule has 5 amide bonds. The first kappa shape index (κ1) is 36.3. The van der Waals surface area contributed by atoms with Crippen molar-refractivity contribution in [3.63, 3.8) is 0 Å². The summed E-state index contributed by atoms with van der Waals surface area (Å²) in [5.74, 6) is -3.49. The van der Waals surface area contributed by atoms with Crippen LogP contribution in [-0.4, -0.2) is 71.1 Å². The highest BCUT2D eigenvalue weighted by molar-refractivity contribution is 6.37. The molecule has 12 heteroatoms. The van der Waals surface area contributed by atoms with Crippen LogP contribution >= 0.6 is 0 Å². The van der Waals surface area contributed by atoms with Gasteiger partial charge in [0.1, 0.15) is 24.7 Å². The number of esters is 1. The first-order chi connectivity index (χ1) is 23.3. The number of rotatable bonds is 15. The number of fused-ring (bicyclic) bond motifs is 1. The van der Waals surface area contributed by atoms with Gasteiger partial charge in [-0.15, -0.1) is 0 Å². The smallest absolute Gasteiger partial charge is 0.329 e. The van der Waals surface area contributed by atoms with Crippen LogP contribution < -0.4 is 21.7 Å².